The van der Waals surface area contributed by atoms with Gasteiger partial charge in [-0.1, -0.05) is 31.9 Å². The van der Waals surface area contributed by atoms with E-state index in [2.05, 4.69) is 75.7 Å². The fourth-order valence-corrected chi connectivity index (χ4v) is 2.61. The van der Waals surface area contributed by atoms with Crippen LogP contribution < -0.4 is 4.90 Å². The third-order valence-electron chi connectivity index (χ3n) is 2.46. The summed E-state index contributed by atoms with van der Waals surface area (Å²) in [5.41, 5.74) is 2.66. The number of anilines is 1. The first-order valence-corrected chi connectivity index (χ1v) is 7.12. The second-order valence-electron chi connectivity index (χ2n) is 3.79. The molecule has 15 heavy (non-hydrogen) atoms. The molecule has 0 aliphatic heterocycles. The van der Waals surface area contributed by atoms with Crippen LogP contribution >= 0.6 is 31.9 Å². The molecule has 0 bridgehead atoms. The molecule has 0 atom stereocenters. The van der Waals surface area contributed by atoms with E-state index in [9.17, 15) is 0 Å². The highest BCUT2D eigenvalue weighted by molar-refractivity contribution is 9.10. The predicted molar refractivity (Wildman–Crippen MR) is 74.9 cm³/mol. The lowest BCUT2D eigenvalue weighted by Gasteiger charge is -2.29. The third kappa shape index (κ3) is 3.22. The number of halogens is 2. The lowest BCUT2D eigenvalue weighted by molar-refractivity contribution is 0.701. The van der Waals surface area contributed by atoms with Gasteiger partial charge in [-0.25, -0.2) is 0 Å². The summed E-state index contributed by atoms with van der Waals surface area (Å²) in [6.07, 6.45) is 0. The summed E-state index contributed by atoms with van der Waals surface area (Å²) in [6.45, 7) is 7.69. The van der Waals surface area contributed by atoms with Gasteiger partial charge in [-0.3, -0.25) is 0 Å². The molecule has 0 amide bonds. The molecule has 0 saturated heterocycles. The highest BCUT2D eigenvalue weighted by Crippen LogP contribution is 2.27. The van der Waals surface area contributed by atoms with E-state index in [1.807, 2.05) is 0 Å². The first kappa shape index (κ1) is 13.0. The van der Waals surface area contributed by atoms with Crippen LogP contribution in [0.1, 0.15) is 26.3 Å². The minimum Gasteiger partial charge on any atom is -0.369 e. The van der Waals surface area contributed by atoms with Gasteiger partial charge in [-0.2, -0.15) is 0 Å². The molecular weight excluding hydrogens is 318 g/mol. The van der Waals surface area contributed by atoms with Gasteiger partial charge in [0.2, 0.25) is 0 Å². The van der Waals surface area contributed by atoms with Gasteiger partial charge in [-0.05, 0) is 44.5 Å². The lowest BCUT2D eigenvalue weighted by atomic mass is 10.1. The maximum absolute atomic E-state index is 3.54. The SMILES string of the molecule is CCN(c1ccc(Br)cc1CBr)C(C)C. The zero-order valence-corrected chi connectivity index (χ0v) is 12.6. The monoisotopic (exact) mass is 333 g/mol. The Morgan fingerprint density at radius 2 is 2.00 bits per heavy atom. The summed E-state index contributed by atoms with van der Waals surface area (Å²) in [5.74, 6) is 0. The van der Waals surface area contributed by atoms with Crippen molar-refractivity contribution in [1.82, 2.24) is 0 Å². The highest BCUT2D eigenvalue weighted by Gasteiger charge is 2.12. The van der Waals surface area contributed by atoms with Crippen LogP contribution in [-0.2, 0) is 5.33 Å². The molecule has 0 N–H and O–H groups in total. The van der Waals surface area contributed by atoms with Crippen LogP contribution in [0.15, 0.2) is 22.7 Å². The first-order chi connectivity index (χ1) is 7.10. The molecule has 0 aliphatic rings. The van der Waals surface area contributed by atoms with Crippen molar-refractivity contribution in [3.05, 3.63) is 28.2 Å². The largest absolute Gasteiger partial charge is 0.369 e. The molecule has 0 spiro atoms. The zero-order valence-electron chi connectivity index (χ0n) is 9.43. The average Bonchev–Trinajstić information content (AvgIpc) is 2.20. The standard InChI is InChI=1S/C12H17Br2N/c1-4-15(9(2)3)12-6-5-11(14)7-10(12)8-13/h5-7,9H,4,8H2,1-3H3. The van der Waals surface area contributed by atoms with Crippen molar-refractivity contribution in [3.8, 4) is 0 Å². The summed E-state index contributed by atoms with van der Waals surface area (Å²) in [4.78, 5) is 2.41. The van der Waals surface area contributed by atoms with Crippen molar-refractivity contribution in [2.75, 3.05) is 11.4 Å². The molecule has 1 rings (SSSR count). The second-order valence-corrected chi connectivity index (χ2v) is 5.26. The van der Waals surface area contributed by atoms with Gasteiger partial charge in [-0.15, -0.1) is 0 Å². The smallest absolute Gasteiger partial charge is 0.0410 e. The lowest BCUT2D eigenvalue weighted by Crippen LogP contribution is -2.31. The van der Waals surface area contributed by atoms with Crippen molar-refractivity contribution in [2.45, 2.75) is 32.1 Å². The minimum absolute atomic E-state index is 0.536. The van der Waals surface area contributed by atoms with E-state index < -0.39 is 0 Å². The Balaban J connectivity index is 3.11. The van der Waals surface area contributed by atoms with Crippen LogP contribution in [0, 0.1) is 0 Å². The van der Waals surface area contributed by atoms with Crippen LogP contribution in [0.5, 0.6) is 0 Å². The number of alkyl halides is 1. The van der Waals surface area contributed by atoms with Crippen LogP contribution in [0.3, 0.4) is 0 Å². The van der Waals surface area contributed by atoms with E-state index >= 15 is 0 Å². The van der Waals surface area contributed by atoms with Gasteiger partial charge >= 0.3 is 0 Å². The van der Waals surface area contributed by atoms with Crippen molar-refractivity contribution >= 4 is 37.5 Å². The van der Waals surface area contributed by atoms with E-state index in [0.29, 0.717) is 6.04 Å². The Morgan fingerprint density at radius 1 is 1.33 bits per heavy atom. The summed E-state index contributed by atoms with van der Waals surface area (Å²) >= 11 is 7.05. The molecule has 84 valence electrons. The molecule has 0 aliphatic carbocycles. The molecule has 0 saturated carbocycles. The van der Waals surface area contributed by atoms with Gasteiger partial charge in [0, 0.05) is 28.1 Å². The topological polar surface area (TPSA) is 3.24 Å². The van der Waals surface area contributed by atoms with Crippen molar-refractivity contribution in [1.29, 1.82) is 0 Å². The molecule has 1 aromatic carbocycles. The van der Waals surface area contributed by atoms with E-state index in [4.69, 9.17) is 0 Å². The summed E-state index contributed by atoms with van der Waals surface area (Å²) < 4.78 is 1.14. The minimum atomic E-state index is 0.536. The molecular formula is C12H17Br2N. The van der Waals surface area contributed by atoms with Crippen molar-refractivity contribution < 1.29 is 0 Å². The fourth-order valence-electron chi connectivity index (χ4n) is 1.75. The van der Waals surface area contributed by atoms with E-state index in [0.717, 1.165) is 16.3 Å². The molecule has 1 aromatic rings. The van der Waals surface area contributed by atoms with E-state index in [-0.39, 0.29) is 0 Å². The van der Waals surface area contributed by atoms with Gasteiger partial charge in [0.15, 0.2) is 0 Å². The van der Waals surface area contributed by atoms with Crippen molar-refractivity contribution in [2.24, 2.45) is 0 Å². The van der Waals surface area contributed by atoms with Gasteiger partial charge < -0.3 is 4.90 Å². The number of hydrogen-bond acceptors (Lipinski definition) is 1. The van der Waals surface area contributed by atoms with E-state index in [1.54, 1.807) is 0 Å². The summed E-state index contributed by atoms with van der Waals surface area (Å²) in [7, 11) is 0. The predicted octanol–water partition coefficient (Wildman–Crippen LogP) is 4.58. The molecule has 0 aromatic heterocycles. The Morgan fingerprint density at radius 3 is 2.47 bits per heavy atom. The summed E-state index contributed by atoms with van der Waals surface area (Å²) in [6, 6.07) is 7.00. The number of nitrogens with zero attached hydrogens (tertiary/aromatic N) is 1. The quantitative estimate of drug-likeness (QED) is 0.728. The molecule has 0 radical (unpaired) electrons. The van der Waals surface area contributed by atoms with Crippen LogP contribution in [-0.4, -0.2) is 12.6 Å². The van der Waals surface area contributed by atoms with Gasteiger partial charge in [0.05, 0.1) is 0 Å². The normalized spacial score (nSPS) is 10.8. The Bertz CT molecular complexity index is 323. The highest BCUT2D eigenvalue weighted by atomic mass is 79.9. The molecule has 1 nitrogen and oxygen atoms in total. The molecule has 3 heteroatoms. The zero-order chi connectivity index (χ0) is 11.4. The average molecular weight is 335 g/mol. The molecule has 0 heterocycles. The number of hydrogen-bond donors (Lipinski definition) is 0. The van der Waals surface area contributed by atoms with Crippen LogP contribution in [0.2, 0.25) is 0 Å². The Hall–Kier alpha value is -0.0200. The first-order valence-electron chi connectivity index (χ1n) is 5.21. The van der Waals surface area contributed by atoms with Crippen molar-refractivity contribution in [3.63, 3.8) is 0 Å². The van der Waals surface area contributed by atoms with Gasteiger partial charge in [0.1, 0.15) is 0 Å². The Labute approximate surface area is 109 Å². The molecule has 0 unspecified atom stereocenters. The van der Waals surface area contributed by atoms with E-state index in [1.165, 1.54) is 11.3 Å². The number of benzene rings is 1. The fraction of sp³-hybridized carbons (Fsp3) is 0.500. The maximum atomic E-state index is 3.54. The second kappa shape index (κ2) is 5.90. The Kier molecular flexibility index (Phi) is 5.13. The number of rotatable bonds is 4. The van der Waals surface area contributed by atoms with Gasteiger partial charge in [0.25, 0.3) is 0 Å². The molecule has 0 fully saturated rings. The third-order valence-corrected chi connectivity index (χ3v) is 3.56. The summed E-state index contributed by atoms with van der Waals surface area (Å²) in [5, 5.41) is 0.894. The van der Waals surface area contributed by atoms with Crippen LogP contribution in [0.4, 0.5) is 5.69 Å². The maximum Gasteiger partial charge on any atom is 0.0410 e. The van der Waals surface area contributed by atoms with Crippen LogP contribution in [0.25, 0.3) is 0 Å².